The molecule has 0 saturated heterocycles. The first kappa shape index (κ1) is 11.2. The third kappa shape index (κ3) is 4.96. The summed E-state index contributed by atoms with van der Waals surface area (Å²) >= 11 is 0. The number of carbonyl (C=O) groups is 1. The van der Waals surface area contributed by atoms with Gasteiger partial charge in [-0.3, -0.25) is 0 Å². The van der Waals surface area contributed by atoms with E-state index >= 15 is 0 Å². The number of amides is 2. The minimum atomic E-state index is -0.0819. The molecule has 0 fully saturated rings. The molecule has 0 saturated carbocycles. The van der Waals surface area contributed by atoms with Crippen molar-refractivity contribution in [1.29, 1.82) is 0 Å². The van der Waals surface area contributed by atoms with Crippen molar-refractivity contribution in [3.8, 4) is 0 Å². The van der Waals surface area contributed by atoms with E-state index in [-0.39, 0.29) is 12.1 Å². The molecule has 72 valence electrons. The summed E-state index contributed by atoms with van der Waals surface area (Å²) < 4.78 is 0. The Morgan fingerprint density at radius 2 is 2.17 bits per heavy atom. The van der Waals surface area contributed by atoms with Crippen LogP contribution in [0.15, 0.2) is 0 Å². The molecule has 0 spiro atoms. The maximum atomic E-state index is 11.0. The Morgan fingerprint density at radius 3 is 2.58 bits per heavy atom. The summed E-state index contributed by atoms with van der Waals surface area (Å²) in [6.45, 7) is 2.64. The van der Waals surface area contributed by atoms with Crippen molar-refractivity contribution < 1.29 is 4.79 Å². The normalized spacial score (nSPS) is 12.3. The highest BCUT2D eigenvalue weighted by atomic mass is 16.2. The van der Waals surface area contributed by atoms with Gasteiger partial charge in [-0.25, -0.2) is 4.79 Å². The second kappa shape index (κ2) is 5.83. The monoisotopic (exact) mass is 173 g/mol. The minimum absolute atomic E-state index is 0.0819. The van der Waals surface area contributed by atoms with E-state index in [9.17, 15) is 4.79 Å². The van der Waals surface area contributed by atoms with Crippen LogP contribution in [0.25, 0.3) is 0 Å². The molecule has 0 aromatic rings. The quantitative estimate of drug-likeness (QED) is 0.646. The Balaban J connectivity index is 3.47. The van der Waals surface area contributed by atoms with Crippen LogP contribution in [0.3, 0.4) is 0 Å². The van der Waals surface area contributed by atoms with Crippen molar-refractivity contribution >= 4 is 6.03 Å². The van der Waals surface area contributed by atoms with E-state index < -0.39 is 0 Å². The molecule has 0 heterocycles. The fraction of sp³-hybridized carbons (Fsp3) is 0.875. The maximum Gasteiger partial charge on any atom is 0.316 e. The lowest BCUT2D eigenvalue weighted by Gasteiger charge is -2.15. The molecule has 0 aliphatic carbocycles. The Labute approximate surface area is 74.1 Å². The highest BCUT2D eigenvalue weighted by Gasteiger charge is 2.05. The fourth-order valence-corrected chi connectivity index (χ4v) is 0.849. The Morgan fingerprint density at radius 1 is 1.58 bits per heavy atom. The highest BCUT2D eigenvalue weighted by molar-refractivity contribution is 5.73. The second-order valence-corrected chi connectivity index (χ2v) is 3.13. The van der Waals surface area contributed by atoms with Crippen LogP contribution in [0, 0.1) is 0 Å². The van der Waals surface area contributed by atoms with Gasteiger partial charge in [-0.1, -0.05) is 13.3 Å². The largest absolute Gasteiger partial charge is 0.336 e. The Hall–Kier alpha value is -0.770. The zero-order valence-electron chi connectivity index (χ0n) is 8.13. The molecule has 12 heavy (non-hydrogen) atoms. The van der Waals surface area contributed by atoms with Gasteiger partial charge < -0.3 is 16.0 Å². The third-order valence-electron chi connectivity index (χ3n) is 1.58. The van der Waals surface area contributed by atoms with Crippen molar-refractivity contribution in [3.05, 3.63) is 0 Å². The summed E-state index contributed by atoms with van der Waals surface area (Å²) in [5.74, 6) is 0. The van der Waals surface area contributed by atoms with Crippen molar-refractivity contribution in [2.24, 2.45) is 5.73 Å². The molecule has 0 aromatic carbocycles. The van der Waals surface area contributed by atoms with Crippen molar-refractivity contribution in [2.75, 3.05) is 20.6 Å². The zero-order valence-corrected chi connectivity index (χ0v) is 8.13. The average Bonchev–Trinajstić information content (AvgIpc) is 2.00. The number of rotatable bonds is 4. The standard InChI is InChI=1S/C8H19N3O/c1-4-5-7(9)6-10-8(12)11(2)3/h7H,4-6,9H2,1-3H3,(H,10,12). The molecule has 1 atom stereocenters. The summed E-state index contributed by atoms with van der Waals surface area (Å²) in [4.78, 5) is 12.5. The van der Waals surface area contributed by atoms with E-state index in [1.807, 2.05) is 0 Å². The fourth-order valence-electron chi connectivity index (χ4n) is 0.849. The Kier molecular flexibility index (Phi) is 5.45. The smallest absolute Gasteiger partial charge is 0.316 e. The first-order valence-electron chi connectivity index (χ1n) is 4.28. The molecule has 0 rings (SSSR count). The molecule has 0 aromatic heterocycles. The molecular formula is C8H19N3O. The van der Waals surface area contributed by atoms with Crippen LogP contribution >= 0.6 is 0 Å². The van der Waals surface area contributed by atoms with Gasteiger partial charge in [0.05, 0.1) is 0 Å². The second-order valence-electron chi connectivity index (χ2n) is 3.13. The predicted molar refractivity (Wildman–Crippen MR) is 50.0 cm³/mol. The van der Waals surface area contributed by atoms with Gasteiger partial charge in [0.25, 0.3) is 0 Å². The van der Waals surface area contributed by atoms with Gasteiger partial charge in [-0.2, -0.15) is 0 Å². The Bertz CT molecular complexity index is 136. The highest BCUT2D eigenvalue weighted by Crippen LogP contribution is 1.91. The molecule has 0 aliphatic heterocycles. The van der Waals surface area contributed by atoms with Crippen LogP contribution in [-0.4, -0.2) is 37.6 Å². The number of nitrogens with two attached hydrogens (primary N) is 1. The van der Waals surface area contributed by atoms with Crippen LogP contribution in [0.1, 0.15) is 19.8 Å². The summed E-state index contributed by atoms with van der Waals surface area (Å²) in [6.07, 6.45) is 2.01. The van der Waals surface area contributed by atoms with Gasteiger partial charge in [0.2, 0.25) is 0 Å². The van der Waals surface area contributed by atoms with Crippen molar-refractivity contribution in [1.82, 2.24) is 10.2 Å². The number of hydrogen-bond donors (Lipinski definition) is 2. The van der Waals surface area contributed by atoms with Crippen LogP contribution in [0.2, 0.25) is 0 Å². The van der Waals surface area contributed by atoms with Crippen molar-refractivity contribution in [2.45, 2.75) is 25.8 Å². The predicted octanol–water partition coefficient (Wildman–Crippen LogP) is 0.385. The molecule has 3 N–H and O–H groups in total. The number of hydrogen-bond acceptors (Lipinski definition) is 2. The van der Waals surface area contributed by atoms with E-state index in [4.69, 9.17) is 5.73 Å². The van der Waals surface area contributed by atoms with E-state index in [0.717, 1.165) is 12.8 Å². The molecule has 0 bridgehead atoms. The summed E-state index contributed by atoms with van der Waals surface area (Å²) in [7, 11) is 3.42. The van der Waals surface area contributed by atoms with E-state index in [0.29, 0.717) is 6.54 Å². The van der Waals surface area contributed by atoms with Gasteiger partial charge >= 0.3 is 6.03 Å². The van der Waals surface area contributed by atoms with Gasteiger partial charge in [0.15, 0.2) is 0 Å². The number of nitrogens with one attached hydrogen (secondary N) is 1. The maximum absolute atomic E-state index is 11.0. The van der Waals surface area contributed by atoms with Gasteiger partial charge in [0, 0.05) is 26.7 Å². The first-order chi connectivity index (χ1) is 5.57. The lowest BCUT2D eigenvalue weighted by molar-refractivity contribution is 0.216. The summed E-state index contributed by atoms with van der Waals surface area (Å²) in [5, 5.41) is 2.73. The van der Waals surface area contributed by atoms with Crippen LogP contribution in [-0.2, 0) is 0 Å². The number of nitrogens with zero attached hydrogens (tertiary/aromatic N) is 1. The van der Waals surface area contributed by atoms with Crippen molar-refractivity contribution in [3.63, 3.8) is 0 Å². The van der Waals surface area contributed by atoms with E-state index in [1.54, 1.807) is 14.1 Å². The molecule has 0 radical (unpaired) electrons. The molecule has 1 unspecified atom stereocenters. The molecule has 4 heteroatoms. The van der Waals surface area contributed by atoms with Crippen LogP contribution in [0.4, 0.5) is 4.79 Å². The minimum Gasteiger partial charge on any atom is -0.336 e. The lowest BCUT2D eigenvalue weighted by Crippen LogP contribution is -2.41. The van der Waals surface area contributed by atoms with Gasteiger partial charge in [0.1, 0.15) is 0 Å². The summed E-state index contributed by atoms with van der Waals surface area (Å²) in [6, 6.07) is 0.000420. The average molecular weight is 173 g/mol. The number of carbonyl (C=O) groups excluding carboxylic acids is 1. The SMILES string of the molecule is CCCC(N)CNC(=O)N(C)C. The first-order valence-corrected chi connectivity index (χ1v) is 4.28. The van der Waals surface area contributed by atoms with E-state index in [1.165, 1.54) is 4.90 Å². The van der Waals surface area contributed by atoms with Crippen LogP contribution < -0.4 is 11.1 Å². The van der Waals surface area contributed by atoms with Gasteiger partial charge in [-0.15, -0.1) is 0 Å². The molecule has 0 aliphatic rings. The van der Waals surface area contributed by atoms with E-state index in [2.05, 4.69) is 12.2 Å². The molecule has 2 amide bonds. The summed E-state index contributed by atoms with van der Waals surface area (Å²) in [5.41, 5.74) is 5.70. The zero-order chi connectivity index (χ0) is 9.56. The van der Waals surface area contributed by atoms with Crippen LogP contribution in [0.5, 0.6) is 0 Å². The topological polar surface area (TPSA) is 58.4 Å². The molecular weight excluding hydrogens is 154 g/mol. The lowest BCUT2D eigenvalue weighted by atomic mass is 10.2. The van der Waals surface area contributed by atoms with Gasteiger partial charge in [-0.05, 0) is 6.42 Å². The third-order valence-corrected chi connectivity index (χ3v) is 1.58. The molecule has 4 nitrogen and oxygen atoms in total. The number of urea groups is 1.